The minimum Gasteiger partial charge on any atom is -0.478 e. The average molecular weight is 261 g/mol. The van der Waals surface area contributed by atoms with Crippen molar-refractivity contribution in [1.82, 2.24) is 0 Å². The molecule has 0 fully saturated rings. The summed E-state index contributed by atoms with van der Waals surface area (Å²) in [6, 6.07) is 5.00. The zero-order valence-electron chi connectivity index (χ0n) is 11.6. The molecule has 1 amide bonds. The Morgan fingerprint density at radius 3 is 2.53 bits per heavy atom. The topological polar surface area (TPSA) is 57.6 Å². The van der Waals surface area contributed by atoms with E-state index in [1.165, 1.54) is 0 Å². The molecule has 0 bridgehead atoms. The summed E-state index contributed by atoms with van der Waals surface area (Å²) in [7, 11) is 0. The van der Waals surface area contributed by atoms with Crippen molar-refractivity contribution in [3.8, 4) is 0 Å². The predicted molar refractivity (Wildman–Crippen MR) is 73.5 cm³/mol. The number of carbonyl (C=O) groups is 2. The number of carbonyl (C=O) groups excluding carboxylic acids is 1. The third-order valence-electron chi connectivity index (χ3n) is 3.33. The second kappa shape index (κ2) is 4.68. The Balaban J connectivity index is 2.40. The molecular formula is C15H19NO3. The average Bonchev–Trinajstić information content (AvgIpc) is 2.35. The molecule has 102 valence electrons. The molecule has 1 aromatic carbocycles. The van der Waals surface area contributed by atoms with Gasteiger partial charge in [-0.25, -0.2) is 4.79 Å². The van der Waals surface area contributed by atoms with Gasteiger partial charge in [-0.3, -0.25) is 4.79 Å². The van der Waals surface area contributed by atoms with Crippen LogP contribution in [0.5, 0.6) is 0 Å². The van der Waals surface area contributed by atoms with Crippen LogP contribution in [-0.2, 0) is 11.2 Å². The summed E-state index contributed by atoms with van der Waals surface area (Å²) in [6.45, 7) is 6.40. The molecule has 19 heavy (non-hydrogen) atoms. The molecule has 0 radical (unpaired) electrons. The Bertz CT molecular complexity index is 529. The zero-order valence-corrected chi connectivity index (χ0v) is 11.6. The molecule has 0 saturated heterocycles. The number of amides is 1. The Labute approximate surface area is 113 Å². The monoisotopic (exact) mass is 261 g/mol. The van der Waals surface area contributed by atoms with Crippen LogP contribution in [0, 0.1) is 5.41 Å². The summed E-state index contributed by atoms with van der Waals surface area (Å²) in [5.74, 6) is -0.849. The lowest BCUT2D eigenvalue weighted by Gasteiger charge is -2.34. The lowest BCUT2D eigenvalue weighted by Crippen LogP contribution is -2.42. The van der Waals surface area contributed by atoms with E-state index in [9.17, 15) is 9.59 Å². The quantitative estimate of drug-likeness (QED) is 0.845. The molecule has 0 unspecified atom stereocenters. The number of rotatable bonds is 1. The van der Waals surface area contributed by atoms with Gasteiger partial charge in [-0.05, 0) is 36.6 Å². The second-order valence-electron chi connectivity index (χ2n) is 5.96. The van der Waals surface area contributed by atoms with Crippen LogP contribution in [0.15, 0.2) is 18.2 Å². The van der Waals surface area contributed by atoms with Crippen molar-refractivity contribution in [2.24, 2.45) is 5.41 Å². The Hall–Kier alpha value is -1.84. The molecule has 0 saturated carbocycles. The number of benzene rings is 1. The van der Waals surface area contributed by atoms with Gasteiger partial charge in [0, 0.05) is 17.6 Å². The number of fused-ring (bicyclic) bond motifs is 1. The van der Waals surface area contributed by atoms with Crippen LogP contribution in [0.25, 0.3) is 0 Å². The molecule has 1 aliphatic heterocycles. The summed E-state index contributed by atoms with van der Waals surface area (Å²) >= 11 is 0. The highest BCUT2D eigenvalue weighted by Gasteiger charge is 2.31. The SMILES string of the molecule is CC(C)(C)C(=O)N1CCCc2cc(C(=O)O)ccc21. The molecule has 1 aliphatic rings. The van der Waals surface area contributed by atoms with E-state index < -0.39 is 11.4 Å². The largest absolute Gasteiger partial charge is 0.478 e. The van der Waals surface area contributed by atoms with E-state index in [0.717, 1.165) is 24.1 Å². The number of aryl methyl sites for hydroxylation is 1. The van der Waals surface area contributed by atoms with E-state index in [4.69, 9.17) is 5.11 Å². The van der Waals surface area contributed by atoms with Crippen LogP contribution in [0.1, 0.15) is 43.1 Å². The van der Waals surface area contributed by atoms with Gasteiger partial charge in [0.25, 0.3) is 0 Å². The van der Waals surface area contributed by atoms with Crippen molar-refractivity contribution in [2.75, 3.05) is 11.4 Å². The molecule has 0 aliphatic carbocycles. The first kappa shape index (κ1) is 13.6. The van der Waals surface area contributed by atoms with E-state index in [1.54, 1.807) is 23.1 Å². The van der Waals surface area contributed by atoms with Crippen molar-refractivity contribution < 1.29 is 14.7 Å². The van der Waals surface area contributed by atoms with Crippen LogP contribution in [-0.4, -0.2) is 23.5 Å². The van der Waals surface area contributed by atoms with Gasteiger partial charge in [-0.1, -0.05) is 20.8 Å². The minimum atomic E-state index is -0.929. The fraction of sp³-hybridized carbons (Fsp3) is 0.467. The van der Waals surface area contributed by atoms with Gasteiger partial charge in [0.2, 0.25) is 5.91 Å². The fourth-order valence-electron chi connectivity index (χ4n) is 2.35. The van der Waals surface area contributed by atoms with E-state index >= 15 is 0 Å². The number of carboxylic acids is 1. The molecule has 4 nitrogen and oxygen atoms in total. The number of carboxylic acid groups (broad SMARTS) is 1. The van der Waals surface area contributed by atoms with E-state index in [2.05, 4.69) is 0 Å². The predicted octanol–water partition coefficient (Wildman–Crippen LogP) is 2.71. The standard InChI is InChI=1S/C15H19NO3/c1-15(2,3)14(19)16-8-4-5-10-9-11(13(17)18)6-7-12(10)16/h6-7,9H,4-5,8H2,1-3H3,(H,17,18). The van der Waals surface area contributed by atoms with Crippen LogP contribution < -0.4 is 4.90 Å². The smallest absolute Gasteiger partial charge is 0.335 e. The van der Waals surface area contributed by atoms with Crippen LogP contribution >= 0.6 is 0 Å². The summed E-state index contributed by atoms with van der Waals surface area (Å²) < 4.78 is 0. The molecule has 1 N–H and O–H groups in total. The number of hydrogen-bond acceptors (Lipinski definition) is 2. The lowest BCUT2D eigenvalue weighted by molar-refractivity contribution is -0.125. The third-order valence-corrected chi connectivity index (χ3v) is 3.33. The summed E-state index contributed by atoms with van der Waals surface area (Å²) in [5, 5.41) is 9.01. The highest BCUT2D eigenvalue weighted by atomic mass is 16.4. The maximum atomic E-state index is 12.4. The first-order valence-electron chi connectivity index (χ1n) is 6.49. The van der Waals surface area contributed by atoms with Gasteiger partial charge < -0.3 is 10.0 Å². The molecule has 2 rings (SSSR count). The molecule has 0 spiro atoms. The number of anilines is 1. The first-order chi connectivity index (χ1) is 8.80. The summed E-state index contributed by atoms with van der Waals surface area (Å²) in [5.41, 5.74) is 1.66. The van der Waals surface area contributed by atoms with Crippen LogP contribution in [0.2, 0.25) is 0 Å². The van der Waals surface area contributed by atoms with Crippen LogP contribution in [0.3, 0.4) is 0 Å². The first-order valence-corrected chi connectivity index (χ1v) is 6.49. The normalized spacial score (nSPS) is 15.0. The van der Waals surface area contributed by atoms with Crippen molar-refractivity contribution >= 4 is 17.6 Å². The number of aromatic carboxylic acids is 1. The molecule has 1 heterocycles. The van der Waals surface area contributed by atoms with Gasteiger partial charge in [0.05, 0.1) is 5.56 Å². The highest BCUT2D eigenvalue weighted by molar-refractivity contribution is 5.98. The van der Waals surface area contributed by atoms with Crippen LogP contribution in [0.4, 0.5) is 5.69 Å². The fourth-order valence-corrected chi connectivity index (χ4v) is 2.35. The lowest BCUT2D eigenvalue weighted by atomic mass is 9.91. The van der Waals surface area contributed by atoms with Gasteiger partial charge in [-0.15, -0.1) is 0 Å². The van der Waals surface area contributed by atoms with Crippen molar-refractivity contribution in [1.29, 1.82) is 0 Å². The molecule has 0 atom stereocenters. The number of nitrogens with zero attached hydrogens (tertiary/aromatic N) is 1. The number of hydrogen-bond donors (Lipinski definition) is 1. The Morgan fingerprint density at radius 1 is 1.26 bits per heavy atom. The Kier molecular flexibility index (Phi) is 3.35. The van der Waals surface area contributed by atoms with Gasteiger partial charge >= 0.3 is 5.97 Å². The zero-order chi connectivity index (χ0) is 14.2. The third kappa shape index (κ3) is 2.62. The second-order valence-corrected chi connectivity index (χ2v) is 5.96. The van der Waals surface area contributed by atoms with Gasteiger partial charge in [0.1, 0.15) is 0 Å². The maximum absolute atomic E-state index is 12.4. The highest BCUT2D eigenvalue weighted by Crippen LogP contribution is 2.31. The van der Waals surface area contributed by atoms with E-state index in [0.29, 0.717) is 6.54 Å². The Morgan fingerprint density at radius 2 is 1.95 bits per heavy atom. The van der Waals surface area contributed by atoms with E-state index in [-0.39, 0.29) is 11.5 Å². The maximum Gasteiger partial charge on any atom is 0.335 e. The molecule has 0 aromatic heterocycles. The van der Waals surface area contributed by atoms with Gasteiger partial charge in [-0.2, -0.15) is 0 Å². The summed E-state index contributed by atoms with van der Waals surface area (Å²) in [6.07, 6.45) is 1.70. The molecular weight excluding hydrogens is 242 g/mol. The van der Waals surface area contributed by atoms with Crippen molar-refractivity contribution in [3.05, 3.63) is 29.3 Å². The summed E-state index contributed by atoms with van der Waals surface area (Å²) in [4.78, 5) is 25.2. The van der Waals surface area contributed by atoms with E-state index in [1.807, 2.05) is 20.8 Å². The molecule has 4 heteroatoms. The van der Waals surface area contributed by atoms with Gasteiger partial charge in [0.15, 0.2) is 0 Å². The van der Waals surface area contributed by atoms with Crippen molar-refractivity contribution in [2.45, 2.75) is 33.6 Å². The van der Waals surface area contributed by atoms with Crippen molar-refractivity contribution in [3.63, 3.8) is 0 Å². The minimum absolute atomic E-state index is 0.0801. The molecule has 1 aromatic rings.